The van der Waals surface area contributed by atoms with E-state index in [1.54, 1.807) is 11.8 Å². The van der Waals surface area contributed by atoms with Crippen molar-refractivity contribution in [3.8, 4) is 6.07 Å². The Labute approximate surface area is 94.5 Å². The molecule has 0 aromatic heterocycles. The zero-order chi connectivity index (χ0) is 11.3. The highest BCUT2D eigenvalue weighted by molar-refractivity contribution is 7.99. The maximum absolute atomic E-state index is 10.9. The molecule has 0 fully saturated rings. The summed E-state index contributed by atoms with van der Waals surface area (Å²) in [5, 5.41) is 9.04. The van der Waals surface area contributed by atoms with Gasteiger partial charge in [0.2, 0.25) is 0 Å². The normalized spacial score (nSPS) is 25.3. The molecule has 82 valence electrons. The molecular weight excluding hydrogens is 210 g/mol. The van der Waals surface area contributed by atoms with Crippen LogP contribution in [0.1, 0.15) is 26.7 Å². The summed E-state index contributed by atoms with van der Waals surface area (Å²) in [4.78, 5) is 10.9. The molecule has 0 saturated carbocycles. The quantitative estimate of drug-likeness (QED) is 0.691. The molecule has 0 heterocycles. The second kappa shape index (κ2) is 5.82. The van der Waals surface area contributed by atoms with Crippen molar-refractivity contribution in [1.29, 1.82) is 5.26 Å². The highest BCUT2D eigenvalue weighted by Crippen LogP contribution is 2.30. The van der Waals surface area contributed by atoms with Gasteiger partial charge in [-0.1, -0.05) is 13.0 Å². The van der Waals surface area contributed by atoms with Crippen molar-refractivity contribution in [2.75, 3.05) is 5.75 Å². The highest BCUT2D eigenvalue weighted by atomic mass is 32.2. The second-order valence-corrected chi connectivity index (χ2v) is 4.94. The Morgan fingerprint density at radius 2 is 2.53 bits per heavy atom. The van der Waals surface area contributed by atoms with E-state index in [0.29, 0.717) is 12.8 Å². The number of nitrogens with zero attached hydrogens (tertiary/aromatic N) is 1. The molecule has 15 heavy (non-hydrogen) atoms. The maximum Gasteiger partial charge on any atom is 0.302 e. The van der Waals surface area contributed by atoms with E-state index in [1.807, 2.05) is 6.08 Å². The van der Waals surface area contributed by atoms with Crippen LogP contribution in [0.2, 0.25) is 0 Å². The molecule has 1 aliphatic carbocycles. The molecule has 0 aromatic rings. The Morgan fingerprint density at radius 1 is 1.80 bits per heavy atom. The van der Waals surface area contributed by atoms with Gasteiger partial charge in [-0.3, -0.25) is 4.79 Å². The fourth-order valence-corrected chi connectivity index (χ4v) is 2.76. The third-order valence-corrected chi connectivity index (χ3v) is 3.51. The van der Waals surface area contributed by atoms with Crippen molar-refractivity contribution < 1.29 is 9.53 Å². The minimum atomic E-state index is -0.240. The van der Waals surface area contributed by atoms with Crippen molar-refractivity contribution in [3.63, 3.8) is 0 Å². The largest absolute Gasteiger partial charge is 0.461 e. The number of nitriles is 1. The number of ether oxygens (including phenoxy) is 1. The van der Waals surface area contributed by atoms with E-state index in [4.69, 9.17) is 10.00 Å². The lowest BCUT2D eigenvalue weighted by Crippen LogP contribution is -2.31. The van der Waals surface area contributed by atoms with Crippen molar-refractivity contribution in [2.45, 2.75) is 38.0 Å². The first-order chi connectivity index (χ1) is 7.17. The van der Waals surface area contributed by atoms with Crippen LogP contribution in [0.4, 0.5) is 0 Å². The van der Waals surface area contributed by atoms with E-state index in [-0.39, 0.29) is 17.3 Å². The molecule has 0 aromatic carbocycles. The number of thioether (sulfide) groups is 1. The molecule has 2 atom stereocenters. The first-order valence-corrected chi connectivity index (χ1v) is 6.10. The van der Waals surface area contributed by atoms with Crippen molar-refractivity contribution >= 4 is 17.7 Å². The monoisotopic (exact) mass is 225 g/mol. The standard InChI is InChI=1S/C11H15NO2S/c1-3-15-11-6-9(7-12)4-5-10(11)14-8(2)13/h4,10-11H,3,5-6H2,1-2H3/t10-,11+/m1/s1. The predicted octanol–water partition coefficient (Wildman–Crippen LogP) is 2.28. The van der Waals surface area contributed by atoms with E-state index in [1.165, 1.54) is 6.92 Å². The molecule has 0 amide bonds. The molecule has 0 unspecified atom stereocenters. The van der Waals surface area contributed by atoms with Crippen LogP contribution in [-0.4, -0.2) is 23.1 Å². The topological polar surface area (TPSA) is 50.1 Å². The van der Waals surface area contributed by atoms with Gasteiger partial charge in [0.05, 0.1) is 6.07 Å². The lowest BCUT2D eigenvalue weighted by atomic mass is 9.97. The minimum absolute atomic E-state index is 0.0652. The van der Waals surface area contributed by atoms with E-state index < -0.39 is 0 Å². The maximum atomic E-state index is 10.9. The summed E-state index contributed by atoms with van der Waals surface area (Å²) in [6.07, 6.45) is 3.19. The Kier molecular flexibility index (Phi) is 4.70. The first kappa shape index (κ1) is 12.1. The predicted molar refractivity (Wildman–Crippen MR) is 60.4 cm³/mol. The SMILES string of the molecule is CCS[C@H]1CC(C#N)=CC[C@H]1OC(C)=O. The molecule has 0 N–H and O–H groups in total. The average molecular weight is 225 g/mol. The number of rotatable bonds is 3. The fourth-order valence-electron chi connectivity index (χ4n) is 1.65. The van der Waals surface area contributed by atoms with Crippen LogP contribution in [0.25, 0.3) is 0 Å². The van der Waals surface area contributed by atoms with Gasteiger partial charge < -0.3 is 4.74 Å². The number of esters is 1. The molecule has 1 aliphatic rings. The third kappa shape index (κ3) is 3.60. The molecule has 0 bridgehead atoms. The average Bonchev–Trinajstić information content (AvgIpc) is 2.20. The third-order valence-electron chi connectivity index (χ3n) is 2.27. The summed E-state index contributed by atoms with van der Waals surface area (Å²) in [7, 11) is 0. The number of hydrogen-bond acceptors (Lipinski definition) is 4. The summed E-state index contributed by atoms with van der Waals surface area (Å²) in [5.41, 5.74) is 0.810. The summed E-state index contributed by atoms with van der Waals surface area (Å²) < 4.78 is 5.24. The van der Waals surface area contributed by atoms with Gasteiger partial charge in [-0.15, -0.1) is 0 Å². The van der Waals surface area contributed by atoms with Crippen LogP contribution >= 0.6 is 11.8 Å². The summed E-state index contributed by atoms with van der Waals surface area (Å²) >= 11 is 1.75. The van der Waals surface area contributed by atoms with E-state index >= 15 is 0 Å². The minimum Gasteiger partial charge on any atom is -0.461 e. The molecule has 1 rings (SSSR count). The summed E-state index contributed by atoms with van der Waals surface area (Å²) in [5.74, 6) is 0.733. The summed E-state index contributed by atoms with van der Waals surface area (Å²) in [6, 6.07) is 2.17. The van der Waals surface area contributed by atoms with Crippen LogP contribution < -0.4 is 0 Å². The van der Waals surface area contributed by atoms with Crippen LogP contribution in [0.5, 0.6) is 0 Å². The zero-order valence-corrected chi connectivity index (χ0v) is 9.84. The Bertz CT molecular complexity index is 306. The van der Waals surface area contributed by atoms with Gasteiger partial charge in [-0.25, -0.2) is 0 Å². The van der Waals surface area contributed by atoms with Crippen LogP contribution in [-0.2, 0) is 9.53 Å². The first-order valence-electron chi connectivity index (χ1n) is 5.05. The summed E-state index contributed by atoms with van der Waals surface area (Å²) in [6.45, 7) is 3.50. The molecule has 3 nitrogen and oxygen atoms in total. The van der Waals surface area contributed by atoms with Crippen LogP contribution in [0, 0.1) is 11.3 Å². The number of carbonyl (C=O) groups excluding carboxylic acids is 1. The lowest BCUT2D eigenvalue weighted by Gasteiger charge is -2.28. The van der Waals surface area contributed by atoms with Crippen molar-refractivity contribution in [2.24, 2.45) is 0 Å². The van der Waals surface area contributed by atoms with Gasteiger partial charge in [0.1, 0.15) is 6.10 Å². The van der Waals surface area contributed by atoms with Gasteiger partial charge in [0.25, 0.3) is 0 Å². The smallest absolute Gasteiger partial charge is 0.302 e. The van der Waals surface area contributed by atoms with E-state index in [9.17, 15) is 4.79 Å². The highest BCUT2D eigenvalue weighted by Gasteiger charge is 2.28. The number of allylic oxidation sites excluding steroid dienone is 1. The second-order valence-electron chi connectivity index (χ2n) is 3.42. The Morgan fingerprint density at radius 3 is 3.07 bits per heavy atom. The van der Waals surface area contributed by atoms with Gasteiger partial charge in [0.15, 0.2) is 0 Å². The fraction of sp³-hybridized carbons (Fsp3) is 0.636. The van der Waals surface area contributed by atoms with E-state index in [0.717, 1.165) is 11.3 Å². The molecular formula is C11H15NO2S. The molecule has 0 saturated heterocycles. The Hall–Kier alpha value is -0.950. The van der Waals surface area contributed by atoms with Gasteiger partial charge in [0, 0.05) is 24.2 Å². The van der Waals surface area contributed by atoms with Crippen molar-refractivity contribution in [3.05, 3.63) is 11.6 Å². The van der Waals surface area contributed by atoms with Gasteiger partial charge >= 0.3 is 5.97 Å². The molecule has 4 heteroatoms. The van der Waals surface area contributed by atoms with Crippen molar-refractivity contribution in [1.82, 2.24) is 0 Å². The van der Waals surface area contributed by atoms with Crippen LogP contribution in [0.3, 0.4) is 0 Å². The molecule has 0 spiro atoms. The molecule has 0 radical (unpaired) electrons. The zero-order valence-electron chi connectivity index (χ0n) is 9.03. The molecule has 0 aliphatic heterocycles. The van der Waals surface area contributed by atoms with Gasteiger partial charge in [-0.05, 0) is 12.2 Å². The lowest BCUT2D eigenvalue weighted by molar-refractivity contribution is -0.146. The van der Waals surface area contributed by atoms with Crippen LogP contribution in [0.15, 0.2) is 11.6 Å². The number of hydrogen-bond donors (Lipinski definition) is 0. The Balaban J connectivity index is 2.65. The van der Waals surface area contributed by atoms with Gasteiger partial charge in [-0.2, -0.15) is 17.0 Å². The number of carbonyl (C=O) groups is 1. The van der Waals surface area contributed by atoms with E-state index in [2.05, 4.69) is 13.0 Å².